The van der Waals surface area contributed by atoms with Gasteiger partial charge in [0.15, 0.2) is 0 Å². The summed E-state index contributed by atoms with van der Waals surface area (Å²) < 4.78 is 1.18. The van der Waals surface area contributed by atoms with Crippen LogP contribution in [0.5, 0.6) is 0 Å². The number of likely N-dealkylation sites (N-methyl/N-ethyl adjacent to an activating group) is 1. The van der Waals surface area contributed by atoms with Gasteiger partial charge in [0.2, 0.25) is 5.91 Å². The molecule has 1 aliphatic rings. The van der Waals surface area contributed by atoms with Crippen LogP contribution in [0.25, 0.3) is 11.3 Å². The highest BCUT2D eigenvalue weighted by Crippen LogP contribution is 2.27. The van der Waals surface area contributed by atoms with Crippen molar-refractivity contribution in [2.24, 2.45) is 0 Å². The van der Waals surface area contributed by atoms with Gasteiger partial charge in [-0.2, -0.15) is 5.10 Å². The summed E-state index contributed by atoms with van der Waals surface area (Å²) in [6, 6.07) is 7.57. The first-order valence-corrected chi connectivity index (χ1v) is 8.62. The highest BCUT2D eigenvalue weighted by Gasteiger charge is 2.22. The lowest BCUT2D eigenvalue weighted by Gasteiger charge is -2.35. The molecule has 1 amide bonds. The minimum atomic E-state index is -0.302. The zero-order valence-electron chi connectivity index (χ0n) is 14.6. The lowest BCUT2D eigenvalue weighted by Crippen LogP contribution is -2.37. The Morgan fingerprint density at radius 3 is 2.72 bits per heavy atom. The van der Waals surface area contributed by atoms with Crippen molar-refractivity contribution < 1.29 is 4.79 Å². The molecule has 1 fully saturated rings. The molecular weight excluding hydrogens is 318 g/mol. The number of hydrogen-bond acceptors (Lipinski definition) is 5. The summed E-state index contributed by atoms with van der Waals surface area (Å²) in [5, 5.41) is 6.96. The SMILES string of the molecule is CCNC(=O)Cn1nc(-c2ccc(N(C)C3CCC3)nc2)ccc1=O. The smallest absolute Gasteiger partial charge is 0.267 e. The van der Waals surface area contributed by atoms with Crippen LogP contribution in [0.4, 0.5) is 5.82 Å². The number of anilines is 1. The van der Waals surface area contributed by atoms with Crippen molar-refractivity contribution >= 4 is 11.7 Å². The molecule has 2 aromatic heterocycles. The predicted octanol–water partition coefficient (Wildman–Crippen LogP) is 1.43. The van der Waals surface area contributed by atoms with E-state index in [9.17, 15) is 9.59 Å². The number of nitrogens with one attached hydrogen (secondary N) is 1. The van der Waals surface area contributed by atoms with Gasteiger partial charge in [-0.15, -0.1) is 0 Å². The van der Waals surface area contributed by atoms with Gasteiger partial charge in [-0.25, -0.2) is 9.67 Å². The molecule has 25 heavy (non-hydrogen) atoms. The van der Waals surface area contributed by atoms with Gasteiger partial charge in [0.05, 0.1) is 5.69 Å². The van der Waals surface area contributed by atoms with E-state index in [0.29, 0.717) is 18.3 Å². The lowest BCUT2D eigenvalue weighted by molar-refractivity contribution is -0.121. The van der Waals surface area contributed by atoms with E-state index in [1.54, 1.807) is 12.3 Å². The Kier molecular flexibility index (Phi) is 5.11. The molecule has 0 spiro atoms. The molecule has 132 valence electrons. The molecule has 0 aliphatic heterocycles. The standard InChI is InChI=1S/C18H23N5O2/c1-3-19-17(24)12-23-18(25)10-8-15(21-23)13-7-9-16(20-11-13)22(2)14-5-4-6-14/h7-11,14H,3-6,12H2,1-2H3,(H,19,24). The minimum absolute atomic E-state index is 0.0869. The molecule has 7 nitrogen and oxygen atoms in total. The van der Waals surface area contributed by atoms with Crippen LogP contribution in [-0.2, 0) is 11.3 Å². The van der Waals surface area contributed by atoms with Gasteiger partial charge in [-0.1, -0.05) is 0 Å². The average Bonchev–Trinajstić information content (AvgIpc) is 2.56. The molecule has 0 atom stereocenters. The van der Waals surface area contributed by atoms with E-state index in [2.05, 4.69) is 27.3 Å². The third-order valence-electron chi connectivity index (χ3n) is 4.56. The average molecular weight is 341 g/mol. The highest BCUT2D eigenvalue weighted by molar-refractivity contribution is 5.75. The zero-order chi connectivity index (χ0) is 17.8. The van der Waals surface area contributed by atoms with Crippen LogP contribution in [0.1, 0.15) is 26.2 Å². The highest BCUT2D eigenvalue weighted by atomic mass is 16.2. The molecule has 2 aromatic rings. The third kappa shape index (κ3) is 3.87. The van der Waals surface area contributed by atoms with E-state index in [1.165, 1.54) is 30.0 Å². The number of aromatic nitrogens is 3. The Balaban J connectivity index is 1.79. The van der Waals surface area contributed by atoms with Crippen molar-refractivity contribution in [1.29, 1.82) is 0 Å². The molecule has 1 saturated carbocycles. The van der Waals surface area contributed by atoms with Gasteiger partial charge in [0.1, 0.15) is 12.4 Å². The number of hydrogen-bond donors (Lipinski definition) is 1. The van der Waals surface area contributed by atoms with E-state index in [4.69, 9.17) is 0 Å². The second kappa shape index (κ2) is 7.46. The van der Waals surface area contributed by atoms with Crippen LogP contribution in [0.2, 0.25) is 0 Å². The van der Waals surface area contributed by atoms with Crippen LogP contribution in [0.3, 0.4) is 0 Å². The summed E-state index contributed by atoms with van der Waals surface area (Å²) in [5.74, 6) is 0.703. The van der Waals surface area contributed by atoms with Crippen molar-refractivity contribution in [3.05, 3.63) is 40.8 Å². The van der Waals surface area contributed by atoms with Crippen molar-refractivity contribution in [1.82, 2.24) is 20.1 Å². The first-order valence-electron chi connectivity index (χ1n) is 8.62. The Morgan fingerprint density at radius 2 is 2.12 bits per heavy atom. The first kappa shape index (κ1) is 17.1. The number of amides is 1. The lowest BCUT2D eigenvalue weighted by atomic mass is 9.92. The normalized spacial score (nSPS) is 14.0. The van der Waals surface area contributed by atoms with Crippen LogP contribution in [-0.4, -0.2) is 40.3 Å². The third-order valence-corrected chi connectivity index (χ3v) is 4.56. The summed E-state index contributed by atoms with van der Waals surface area (Å²) in [6.07, 6.45) is 5.47. The summed E-state index contributed by atoms with van der Waals surface area (Å²) in [4.78, 5) is 30.3. The molecule has 7 heteroatoms. The summed E-state index contributed by atoms with van der Waals surface area (Å²) >= 11 is 0. The number of pyridine rings is 1. The molecule has 0 radical (unpaired) electrons. The van der Waals surface area contributed by atoms with E-state index in [1.807, 2.05) is 19.1 Å². The largest absolute Gasteiger partial charge is 0.357 e. The van der Waals surface area contributed by atoms with Gasteiger partial charge in [0, 0.05) is 37.5 Å². The van der Waals surface area contributed by atoms with Gasteiger partial charge >= 0.3 is 0 Å². The van der Waals surface area contributed by atoms with Crippen LogP contribution in [0.15, 0.2) is 35.3 Å². The van der Waals surface area contributed by atoms with Crippen molar-refractivity contribution in [3.8, 4) is 11.3 Å². The van der Waals surface area contributed by atoms with E-state index >= 15 is 0 Å². The summed E-state index contributed by atoms with van der Waals surface area (Å²) in [6.45, 7) is 2.27. The molecule has 0 saturated heterocycles. The van der Waals surface area contributed by atoms with Crippen molar-refractivity contribution in [2.45, 2.75) is 38.8 Å². The van der Waals surface area contributed by atoms with Gasteiger partial charge in [-0.05, 0) is 44.4 Å². The number of nitrogens with zero attached hydrogens (tertiary/aromatic N) is 4. The van der Waals surface area contributed by atoms with E-state index in [0.717, 1.165) is 11.4 Å². The van der Waals surface area contributed by atoms with Crippen LogP contribution in [0, 0.1) is 0 Å². The topological polar surface area (TPSA) is 80.1 Å². The van der Waals surface area contributed by atoms with Crippen molar-refractivity contribution in [2.75, 3.05) is 18.5 Å². The van der Waals surface area contributed by atoms with Crippen LogP contribution >= 0.6 is 0 Å². The summed E-state index contributed by atoms with van der Waals surface area (Å²) in [7, 11) is 2.07. The minimum Gasteiger partial charge on any atom is -0.357 e. The number of rotatable bonds is 6. The second-order valence-corrected chi connectivity index (χ2v) is 6.27. The Labute approximate surface area is 146 Å². The number of carbonyl (C=O) groups excluding carboxylic acids is 1. The molecular formula is C18H23N5O2. The van der Waals surface area contributed by atoms with Gasteiger partial charge in [0.25, 0.3) is 5.56 Å². The first-order chi connectivity index (χ1) is 12.1. The van der Waals surface area contributed by atoms with Gasteiger partial charge < -0.3 is 10.2 Å². The predicted molar refractivity (Wildman–Crippen MR) is 96.5 cm³/mol. The Hall–Kier alpha value is -2.70. The Bertz CT molecular complexity index is 796. The van der Waals surface area contributed by atoms with E-state index in [-0.39, 0.29) is 18.0 Å². The quantitative estimate of drug-likeness (QED) is 0.860. The molecule has 1 aliphatic carbocycles. The zero-order valence-corrected chi connectivity index (χ0v) is 14.6. The monoisotopic (exact) mass is 341 g/mol. The van der Waals surface area contributed by atoms with Gasteiger partial charge in [-0.3, -0.25) is 9.59 Å². The van der Waals surface area contributed by atoms with Crippen LogP contribution < -0.4 is 15.8 Å². The fourth-order valence-electron chi connectivity index (χ4n) is 2.81. The van der Waals surface area contributed by atoms with Crippen molar-refractivity contribution in [3.63, 3.8) is 0 Å². The maximum atomic E-state index is 11.9. The molecule has 3 rings (SSSR count). The molecule has 0 unspecified atom stereocenters. The molecule has 0 bridgehead atoms. The fourth-order valence-corrected chi connectivity index (χ4v) is 2.81. The maximum Gasteiger partial charge on any atom is 0.267 e. The number of carbonyl (C=O) groups is 1. The molecule has 0 aromatic carbocycles. The van der Waals surface area contributed by atoms with E-state index < -0.39 is 0 Å². The molecule has 1 N–H and O–H groups in total. The Morgan fingerprint density at radius 1 is 1.32 bits per heavy atom. The summed E-state index contributed by atoms with van der Waals surface area (Å²) in [5.41, 5.74) is 1.13. The maximum absolute atomic E-state index is 11.9. The molecule has 2 heterocycles. The second-order valence-electron chi connectivity index (χ2n) is 6.27. The fraction of sp³-hybridized carbons (Fsp3) is 0.444.